The SMILES string of the molecule is CCSc1nsc(NC(=O)C(C)Sc2ccc(NC(=O)/C(=C/c3ccc(Cl)cc3Cl)NC(=O)c3ccccc3)cc2)n1. The molecule has 13 heteroatoms. The van der Waals surface area contributed by atoms with Crippen LogP contribution in [-0.4, -0.2) is 38.1 Å². The molecule has 3 amide bonds. The average molecular weight is 659 g/mol. The molecule has 1 aromatic heterocycles. The number of amides is 3. The molecular formula is C29H25Cl2N5O3S3. The second-order valence-corrected chi connectivity index (χ2v) is 12.8. The summed E-state index contributed by atoms with van der Waals surface area (Å²) in [4.78, 5) is 43.9. The summed E-state index contributed by atoms with van der Waals surface area (Å²) in [5.41, 5.74) is 1.39. The van der Waals surface area contributed by atoms with Crippen molar-refractivity contribution in [2.24, 2.45) is 0 Å². The molecule has 0 saturated carbocycles. The Bertz CT molecular complexity index is 1600. The Labute approximate surface area is 265 Å². The van der Waals surface area contributed by atoms with Gasteiger partial charge in [-0.2, -0.15) is 9.36 Å². The van der Waals surface area contributed by atoms with E-state index < -0.39 is 17.1 Å². The van der Waals surface area contributed by atoms with Crippen LogP contribution in [0.1, 0.15) is 29.8 Å². The Morgan fingerprint density at radius 1 is 1.00 bits per heavy atom. The first kappa shape index (κ1) is 31.6. The molecule has 1 heterocycles. The summed E-state index contributed by atoms with van der Waals surface area (Å²) in [7, 11) is 0. The van der Waals surface area contributed by atoms with Crippen molar-refractivity contribution in [1.29, 1.82) is 0 Å². The molecule has 0 aliphatic heterocycles. The maximum absolute atomic E-state index is 13.3. The fourth-order valence-electron chi connectivity index (χ4n) is 3.44. The van der Waals surface area contributed by atoms with E-state index in [4.69, 9.17) is 23.2 Å². The lowest BCUT2D eigenvalue weighted by atomic mass is 10.1. The van der Waals surface area contributed by atoms with Gasteiger partial charge >= 0.3 is 0 Å². The highest BCUT2D eigenvalue weighted by molar-refractivity contribution is 8.00. The molecule has 0 fully saturated rings. The van der Waals surface area contributed by atoms with E-state index in [9.17, 15) is 14.4 Å². The van der Waals surface area contributed by atoms with E-state index >= 15 is 0 Å². The third-order valence-electron chi connectivity index (χ3n) is 5.50. The number of hydrogen-bond donors (Lipinski definition) is 3. The molecule has 3 N–H and O–H groups in total. The smallest absolute Gasteiger partial charge is 0.272 e. The second-order valence-electron chi connectivity index (χ2n) is 8.59. The number of hydrogen-bond acceptors (Lipinski definition) is 8. The Morgan fingerprint density at radius 3 is 2.43 bits per heavy atom. The van der Waals surface area contributed by atoms with Gasteiger partial charge in [0.05, 0.1) is 5.25 Å². The van der Waals surface area contributed by atoms with Crippen LogP contribution in [0.15, 0.2) is 88.5 Å². The highest BCUT2D eigenvalue weighted by atomic mass is 35.5. The standard InChI is InChI=1S/C29H25Cl2N5O3S3/c1-3-40-29-35-28(42-36-29)34-25(37)17(2)41-22-13-11-21(12-14-22)32-27(39)24(15-19-9-10-20(30)16-23(19)31)33-26(38)18-7-5-4-6-8-18/h4-17H,3H2,1-2H3,(H,32,39)(H,33,38)(H,34,35,36,37)/b24-15-. The predicted octanol–water partition coefficient (Wildman–Crippen LogP) is 7.49. The third kappa shape index (κ3) is 9.07. The number of nitrogens with one attached hydrogen (secondary N) is 3. The molecule has 42 heavy (non-hydrogen) atoms. The molecule has 0 bridgehead atoms. The van der Waals surface area contributed by atoms with Crippen LogP contribution in [0.25, 0.3) is 6.08 Å². The summed E-state index contributed by atoms with van der Waals surface area (Å²) in [5.74, 6) is -0.332. The lowest BCUT2D eigenvalue weighted by Crippen LogP contribution is -2.30. The molecule has 1 unspecified atom stereocenters. The van der Waals surface area contributed by atoms with Gasteiger partial charge in [-0.3, -0.25) is 19.7 Å². The van der Waals surface area contributed by atoms with Crippen molar-refractivity contribution >= 4 is 92.9 Å². The predicted molar refractivity (Wildman–Crippen MR) is 174 cm³/mol. The molecule has 8 nitrogen and oxygen atoms in total. The van der Waals surface area contributed by atoms with Gasteiger partial charge in [0.25, 0.3) is 11.8 Å². The summed E-state index contributed by atoms with van der Waals surface area (Å²) in [6, 6.07) is 20.4. The van der Waals surface area contributed by atoms with E-state index in [-0.39, 0.29) is 11.6 Å². The summed E-state index contributed by atoms with van der Waals surface area (Å²) < 4.78 is 4.21. The van der Waals surface area contributed by atoms with E-state index in [1.807, 2.05) is 6.92 Å². The van der Waals surface area contributed by atoms with Gasteiger partial charge in [0, 0.05) is 37.7 Å². The molecule has 0 saturated heterocycles. The number of rotatable bonds is 11. The van der Waals surface area contributed by atoms with Crippen LogP contribution in [0, 0.1) is 0 Å². The Balaban J connectivity index is 1.43. The highest BCUT2D eigenvalue weighted by Crippen LogP contribution is 2.27. The summed E-state index contributed by atoms with van der Waals surface area (Å²) in [6.45, 7) is 3.81. The molecular weight excluding hydrogens is 633 g/mol. The zero-order valence-corrected chi connectivity index (χ0v) is 26.4. The number of nitrogens with zero attached hydrogens (tertiary/aromatic N) is 2. The number of benzene rings is 3. The molecule has 1 atom stereocenters. The number of anilines is 2. The van der Waals surface area contributed by atoms with Crippen LogP contribution in [0.2, 0.25) is 10.0 Å². The Hall–Kier alpha value is -3.35. The Kier molecular flexibility index (Phi) is 11.4. The summed E-state index contributed by atoms with van der Waals surface area (Å²) in [6.07, 6.45) is 1.49. The lowest BCUT2D eigenvalue weighted by molar-refractivity contribution is -0.115. The quantitative estimate of drug-likeness (QED) is 0.113. The van der Waals surface area contributed by atoms with Crippen molar-refractivity contribution in [2.75, 3.05) is 16.4 Å². The third-order valence-corrected chi connectivity index (χ3v) is 8.65. The molecule has 0 radical (unpaired) electrons. The van der Waals surface area contributed by atoms with Crippen LogP contribution < -0.4 is 16.0 Å². The molecule has 4 aromatic rings. The molecule has 4 rings (SSSR count). The van der Waals surface area contributed by atoms with Crippen molar-refractivity contribution in [3.05, 3.63) is 99.7 Å². The van der Waals surface area contributed by atoms with Crippen molar-refractivity contribution in [3.8, 4) is 0 Å². The number of aromatic nitrogens is 2. The first-order valence-corrected chi connectivity index (χ1v) is 16.0. The van der Waals surface area contributed by atoms with Gasteiger partial charge in [-0.1, -0.05) is 66.2 Å². The summed E-state index contributed by atoms with van der Waals surface area (Å²) >= 11 is 16.4. The fraction of sp³-hybridized carbons (Fsp3) is 0.138. The zero-order chi connectivity index (χ0) is 30.1. The van der Waals surface area contributed by atoms with Crippen LogP contribution in [0.4, 0.5) is 10.8 Å². The maximum Gasteiger partial charge on any atom is 0.272 e. The molecule has 216 valence electrons. The zero-order valence-electron chi connectivity index (χ0n) is 22.4. The lowest BCUT2D eigenvalue weighted by Gasteiger charge is -2.13. The minimum Gasteiger partial charge on any atom is -0.321 e. The molecule has 0 aliphatic carbocycles. The first-order chi connectivity index (χ1) is 20.2. The van der Waals surface area contributed by atoms with E-state index in [1.54, 1.807) is 79.7 Å². The van der Waals surface area contributed by atoms with Gasteiger partial charge < -0.3 is 10.6 Å². The maximum atomic E-state index is 13.3. The van der Waals surface area contributed by atoms with E-state index in [0.29, 0.717) is 37.1 Å². The first-order valence-electron chi connectivity index (χ1n) is 12.6. The number of carbonyl (C=O) groups excluding carboxylic acids is 3. The number of halogens is 2. The monoisotopic (exact) mass is 657 g/mol. The van der Waals surface area contributed by atoms with Gasteiger partial charge in [0.2, 0.25) is 16.2 Å². The van der Waals surface area contributed by atoms with Crippen molar-refractivity contribution in [1.82, 2.24) is 14.7 Å². The molecule has 0 spiro atoms. The van der Waals surface area contributed by atoms with Crippen molar-refractivity contribution < 1.29 is 14.4 Å². The second kappa shape index (κ2) is 15.2. The largest absolute Gasteiger partial charge is 0.321 e. The van der Waals surface area contributed by atoms with Gasteiger partial charge in [0.1, 0.15) is 5.70 Å². The van der Waals surface area contributed by atoms with E-state index in [2.05, 4.69) is 25.3 Å². The van der Waals surface area contributed by atoms with Gasteiger partial charge in [-0.15, -0.1) is 11.8 Å². The van der Waals surface area contributed by atoms with Gasteiger partial charge in [0.15, 0.2) is 0 Å². The van der Waals surface area contributed by atoms with Gasteiger partial charge in [-0.25, -0.2) is 0 Å². The van der Waals surface area contributed by atoms with Crippen molar-refractivity contribution in [3.63, 3.8) is 0 Å². The Morgan fingerprint density at radius 2 is 1.74 bits per heavy atom. The average Bonchev–Trinajstić information content (AvgIpc) is 3.42. The fourth-order valence-corrected chi connectivity index (χ4v) is 6.05. The van der Waals surface area contributed by atoms with Gasteiger partial charge in [-0.05, 0) is 72.8 Å². The van der Waals surface area contributed by atoms with E-state index in [0.717, 1.165) is 22.2 Å². The normalized spacial score (nSPS) is 12.0. The minimum absolute atomic E-state index is 0.00556. The van der Waals surface area contributed by atoms with Crippen molar-refractivity contribution in [2.45, 2.75) is 29.1 Å². The number of thioether (sulfide) groups is 2. The van der Waals surface area contributed by atoms with E-state index in [1.165, 1.54) is 29.6 Å². The van der Waals surface area contributed by atoms with Crippen LogP contribution in [-0.2, 0) is 9.59 Å². The topological polar surface area (TPSA) is 113 Å². The highest BCUT2D eigenvalue weighted by Gasteiger charge is 2.18. The van der Waals surface area contributed by atoms with Crippen LogP contribution >= 0.6 is 58.3 Å². The van der Waals surface area contributed by atoms with Crippen LogP contribution in [0.5, 0.6) is 0 Å². The minimum atomic E-state index is -0.545. The summed E-state index contributed by atoms with van der Waals surface area (Å²) in [5, 5.41) is 9.77. The molecule has 3 aromatic carbocycles. The van der Waals surface area contributed by atoms with Crippen LogP contribution in [0.3, 0.4) is 0 Å². The number of carbonyl (C=O) groups is 3. The molecule has 0 aliphatic rings.